The van der Waals surface area contributed by atoms with Crippen molar-refractivity contribution in [1.82, 2.24) is 9.55 Å². The van der Waals surface area contributed by atoms with Crippen LogP contribution in [-0.4, -0.2) is 9.55 Å². The summed E-state index contributed by atoms with van der Waals surface area (Å²) in [6.45, 7) is 6.76. The van der Waals surface area contributed by atoms with E-state index >= 15 is 0 Å². The van der Waals surface area contributed by atoms with Crippen molar-refractivity contribution in [3.05, 3.63) is 29.6 Å². The average Bonchev–Trinajstić information content (AvgIpc) is 3.00. The highest BCUT2D eigenvalue weighted by molar-refractivity contribution is 5.78. The summed E-state index contributed by atoms with van der Waals surface area (Å²) in [6.07, 6.45) is 3.84. The Labute approximate surface area is 120 Å². The minimum Gasteiger partial charge on any atom is -0.325 e. The zero-order valence-electron chi connectivity index (χ0n) is 12.4. The van der Waals surface area contributed by atoms with Crippen molar-refractivity contribution in [2.75, 3.05) is 0 Å². The number of hydrogen-bond acceptors (Lipinski definition) is 2. The van der Waals surface area contributed by atoms with E-state index in [9.17, 15) is 0 Å². The van der Waals surface area contributed by atoms with Gasteiger partial charge in [0.2, 0.25) is 0 Å². The van der Waals surface area contributed by atoms with Crippen LogP contribution in [0.3, 0.4) is 0 Å². The van der Waals surface area contributed by atoms with E-state index in [1.165, 1.54) is 25.1 Å². The minimum absolute atomic E-state index is 0.399. The van der Waals surface area contributed by atoms with Gasteiger partial charge in [0.05, 0.1) is 22.7 Å². The van der Waals surface area contributed by atoms with E-state index in [0.29, 0.717) is 23.4 Å². The normalized spacial score (nSPS) is 22.6. The number of benzene rings is 1. The number of fused-ring (bicyclic) bond motifs is 1. The van der Waals surface area contributed by atoms with Crippen molar-refractivity contribution < 1.29 is 0 Å². The minimum atomic E-state index is 0.399. The fourth-order valence-electron chi connectivity index (χ4n) is 3.52. The van der Waals surface area contributed by atoms with Crippen LogP contribution in [0, 0.1) is 17.2 Å². The number of aromatic nitrogens is 2. The van der Waals surface area contributed by atoms with Gasteiger partial charge in [0.25, 0.3) is 0 Å². The maximum absolute atomic E-state index is 9.05. The fraction of sp³-hybridized carbons (Fsp3) is 0.529. The van der Waals surface area contributed by atoms with Gasteiger partial charge in [-0.15, -0.1) is 0 Å². The van der Waals surface area contributed by atoms with Gasteiger partial charge in [-0.05, 0) is 50.8 Å². The molecule has 3 heteroatoms. The highest BCUT2D eigenvalue weighted by atomic mass is 15.1. The molecule has 1 heterocycles. The summed E-state index contributed by atoms with van der Waals surface area (Å²) in [4.78, 5) is 4.89. The van der Waals surface area contributed by atoms with Crippen LogP contribution in [0.15, 0.2) is 18.2 Å². The zero-order chi connectivity index (χ0) is 14.3. The van der Waals surface area contributed by atoms with Crippen LogP contribution >= 0.6 is 0 Å². The monoisotopic (exact) mass is 267 g/mol. The predicted octanol–water partition coefficient (Wildman–Crippen LogP) is 4.39. The van der Waals surface area contributed by atoms with Gasteiger partial charge in [0.1, 0.15) is 5.82 Å². The molecule has 2 unspecified atom stereocenters. The van der Waals surface area contributed by atoms with Gasteiger partial charge in [-0.2, -0.15) is 5.26 Å². The van der Waals surface area contributed by atoms with Gasteiger partial charge in [0.15, 0.2) is 0 Å². The number of rotatable bonds is 2. The lowest BCUT2D eigenvalue weighted by Gasteiger charge is -2.20. The molecule has 2 atom stereocenters. The summed E-state index contributed by atoms with van der Waals surface area (Å²) in [5, 5.41) is 9.05. The van der Waals surface area contributed by atoms with Crippen LogP contribution in [0.25, 0.3) is 11.0 Å². The Kier molecular flexibility index (Phi) is 3.25. The third kappa shape index (κ3) is 2.00. The van der Waals surface area contributed by atoms with Crippen LogP contribution in [0.1, 0.15) is 63.4 Å². The van der Waals surface area contributed by atoms with Crippen molar-refractivity contribution in [3.63, 3.8) is 0 Å². The molecule has 0 N–H and O–H groups in total. The lowest BCUT2D eigenvalue weighted by molar-refractivity contribution is 0.469. The molecule has 1 fully saturated rings. The third-order valence-electron chi connectivity index (χ3n) is 4.56. The summed E-state index contributed by atoms with van der Waals surface area (Å²) in [5.41, 5.74) is 2.82. The molecule has 0 saturated heterocycles. The zero-order valence-corrected chi connectivity index (χ0v) is 12.4. The first-order valence-corrected chi connectivity index (χ1v) is 7.53. The molecule has 0 bridgehead atoms. The molecule has 20 heavy (non-hydrogen) atoms. The summed E-state index contributed by atoms with van der Waals surface area (Å²) in [7, 11) is 0. The first-order chi connectivity index (χ1) is 9.61. The second-order valence-corrected chi connectivity index (χ2v) is 6.26. The topological polar surface area (TPSA) is 41.6 Å². The van der Waals surface area contributed by atoms with E-state index in [1.807, 2.05) is 18.2 Å². The summed E-state index contributed by atoms with van der Waals surface area (Å²) < 4.78 is 2.36. The number of imidazole rings is 1. The Morgan fingerprint density at radius 3 is 2.75 bits per heavy atom. The average molecular weight is 267 g/mol. The van der Waals surface area contributed by atoms with E-state index in [1.54, 1.807) is 0 Å². The largest absolute Gasteiger partial charge is 0.325 e. The lowest BCUT2D eigenvalue weighted by atomic mass is 9.97. The van der Waals surface area contributed by atoms with Crippen molar-refractivity contribution in [1.29, 1.82) is 5.26 Å². The SMILES string of the molecule is CC1CCCC1c1nc2cc(C#N)ccc2n1C(C)C. The Morgan fingerprint density at radius 1 is 1.35 bits per heavy atom. The maximum atomic E-state index is 9.05. The van der Waals surface area contributed by atoms with Crippen molar-refractivity contribution in [3.8, 4) is 6.07 Å². The summed E-state index contributed by atoms with van der Waals surface area (Å²) in [5.74, 6) is 2.49. The fourth-order valence-corrected chi connectivity index (χ4v) is 3.52. The standard InChI is InChI=1S/C17H21N3/c1-11(2)20-16-8-7-13(10-18)9-15(16)19-17(20)14-6-4-5-12(14)3/h7-9,11-12,14H,4-6H2,1-3H3. The predicted molar refractivity (Wildman–Crippen MR) is 80.6 cm³/mol. The van der Waals surface area contributed by atoms with Crippen LogP contribution in [-0.2, 0) is 0 Å². The van der Waals surface area contributed by atoms with E-state index in [4.69, 9.17) is 10.2 Å². The van der Waals surface area contributed by atoms with Gasteiger partial charge < -0.3 is 4.57 Å². The van der Waals surface area contributed by atoms with Crippen LogP contribution in [0.4, 0.5) is 0 Å². The van der Waals surface area contributed by atoms with Crippen LogP contribution in [0.5, 0.6) is 0 Å². The molecule has 1 aromatic heterocycles. The van der Waals surface area contributed by atoms with E-state index in [2.05, 4.69) is 31.4 Å². The molecule has 1 saturated carbocycles. The molecular formula is C17H21N3. The Bertz CT molecular complexity index is 675. The Hall–Kier alpha value is -1.82. The van der Waals surface area contributed by atoms with E-state index < -0.39 is 0 Å². The molecule has 104 valence electrons. The summed E-state index contributed by atoms with van der Waals surface area (Å²) in [6, 6.07) is 8.46. The first-order valence-electron chi connectivity index (χ1n) is 7.53. The second-order valence-electron chi connectivity index (χ2n) is 6.26. The van der Waals surface area contributed by atoms with Crippen LogP contribution in [0.2, 0.25) is 0 Å². The molecule has 0 spiro atoms. The molecule has 2 aromatic rings. The van der Waals surface area contributed by atoms with Gasteiger partial charge >= 0.3 is 0 Å². The molecule has 3 rings (SSSR count). The Morgan fingerprint density at radius 2 is 2.15 bits per heavy atom. The third-order valence-corrected chi connectivity index (χ3v) is 4.56. The number of nitrogens with zero attached hydrogens (tertiary/aromatic N) is 3. The molecule has 0 amide bonds. The maximum Gasteiger partial charge on any atom is 0.113 e. The lowest BCUT2D eigenvalue weighted by Crippen LogP contribution is -2.13. The molecule has 0 aliphatic heterocycles. The van der Waals surface area contributed by atoms with Crippen molar-refractivity contribution >= 4 is 11.0 Å². The van der Waals surface area contributed by atoms with E-state index in [0.717, 1.165) is 11.0 Å². The quantitative estimate of drug-likeness (QED) is 0.809. The summed E-state index contributed by atoms with van der Waals surface area (Å²) >= 11 is 0. The van der Waals surface area contributed by atoms with Gasteiger partial charge in [0, 0.05) is 12.0 Å². The number of nitriles is 1. The van der Waals surface area contributed by atoms with Gasteiger partial charge in [-0.3, -0.25) is 0 Å². The highest BCUT2D eigenvalue weighted by Crippen LogP contribution is 2.40. The second kappa shape index (κ2) is 4.94. The molecule has 1 aromatic carbocycles. The van der Waals surface area contributed by atoms with Crippen molar-refractivity contribution in [2.45, 2.75) is 52.0 Å². The van der Waals surface area contributed by atoms with Crippen LogP contribution < -0.4 is 0 Å². The number of hydrogen-bond donors (Lipinski definition) is 0. The molecule has 0 radical (unpaired) electrons. The first kappa shape index (κ1) is 13.2. The Balaban J connectivity index is 2.20. The molecule has 3 nitrogen and oxygen atoms in total. The van der Waals surface area contributed by atoms with Crippen molar-refractivity contribution in [2.24, 2.45) is 5.92 Å². The highest BCUT2D eigenvalue weighted by Gasteiger charge is 2.30. The smallest absolute Gasteiger partial charge is 0.113 e. The molecule has 1 aliphatic carbocycles. The molecule has 1 aliphatic rings. The van der Waals surface area contributed by atoms with Gasteiger partial charge in [-0.25, -0.2) is 4.98 Å². The van der Waals surface area contributed by atoms with Gasteiger partial charge in [-0.1, -0.05) is 13.3 Å². The van der Waals surface area contributed by atoms with E-state index in [-0.39, 0.29) is 0 Å². The molecular weight excluding hydrogens is 246 g/mol.